The van der Waals surface area contributed by atoms with E-state index in [9.17, 15) is 9.59 Å². The highest BCUT2D eigenvalue weighted by Gasteiger charge is 2.17. The number of ether oxygens (including phenoxy) is 3. The van der Waals surface area contributed by atoms with Crippen LogP contribution in [0.3, 0.4) is 0 Å². The van der Waals surface area contributed by atoms with Gasteiger partial charge in [0.25, 0.3) is 11.5 Å². The molecule has 196 valence electrons. The van der Waals surface area contributed by atoms with Crippen molar-refractivity contribution in [3.05, 3.63) is 86.9 Å². The Kier molecular flexibility index (Phi) is 8.42. The Balaban J connectivity index is 1.63. The lowest BCUT2D eigenvalue weighted by Crippen LogP contribution is -2.23. The first-order chi connectivity index (χ1) is 18.3. The summed E-state index contributed by atoms with van der Waals surface area (Å²) in [6.45, 7) is 3.65. The van der Waals surface area contributed by atoms with E-state index in [1.807, 2.05) is 38.1 Å². The molecule has 0 fully saturated rings. The Morgan fingerprint density at radius 2 is 1.76 bits per heavy atom. The van der Waals surface area contributed by atoms with Gasteiger partial charge in [0.1, 0.15) is 5.82 Å². The predicted molar refractivity (Wildman–Crippen MR) is 151 cm³/mol. The maximum absolute atomic E-state index is 13.3. The predicted octanol–water partition coefficient (Wildman–Crippen LogP) is 5.20. The number of halogens is 1. The molecule has 1 amide bonds. The van der Waals surface area contributed by atoms with Crippen LogP contribution in [0.15, 0.2) is 75.0 Å². The molecule has 3 aromatic carbocycles. The smallest absolute Gasteiger partial charge is 0.282 e. The van der Waals surface area contributed by atoms with Gasteiger partial charge in [-0.25, -0.2) is 4.98 Å². The number of aromatic nitrogens is 2. The Hall–Kier alpha value is -4.18. The number of fused-ring (bicyclic) bond motifs is 1. The molecule has 38 heavy (non-hydrogen) atoms. The first-order valence-electron chi connectivity index (χ1n) is 11.8. The van der Waals surface area contributed by atoms with Crippen LogP contribution in [-0.2, 0) is 4.79 Å². The highest BCUT2D eigenvalue weighted by atomic mass is 79.9. The molecule has 0 saturated carbocycles. The van der Waals surface area contributed by atoms with Gasteiger partial charge >= 0.3 is 0 Å². The van der Waals surface area contributed by atoms with Crippen LogP contribution in [0, 0.1) is 0 Å². The number of hydrogen-bond acceptors (Lipinski definition) is 7. The first-order valence-corrected chi connectivity index (χ1v) is 12.6. The lowest BCUT2D eigenvalue weighted by Gasteiger charge is -2.15. The van der Waals surface area contributed by atoms with Crippen molar-refractivity contribution in [1.29, 1.82) is 0 Å². The standard InChI is InChI=1S/C28H27BrN4O5/c1-17(2)27-32-22-11-10-19(29)14-21(22)28(35)33(27)30-15-18-12-23(36-3)26(24(13-18)37-4)38-16-25(34)31-20-8-6-5-7-9-20/h5-15,17H,16H2,1-4H3,(H,31,34). The van der Waals surface area contributed by atoms with Gasteiger partial charge in [-0.15, -0.1) is 0 Å². The van der Waals surface area contributed by atoms with Gasteiger partial charge in [0.15, 0.2) is 18.1 Å². The molecule has 0 spiro atoms. The molecule has 0 aliphatic rings. The van der Waals surface area contributed by atoms with E-state index in [1.165, 1.54) is 25.1 Å². The van der Waals surface area contributed by atoms with Gasteiger partial charge in [-0.1, -0.05) is 48.0 Å². The number of benzene rings is 3. The second-order valence-electron chi connectivity index (χ2n) is 8.61. The SMILES string of the molecule is COc1cc(C=Nn2c(C(C)C)nc3ccc(Br)cc3c2=O)cc(OC)c1OCC(=O)Nc1ccccc1. The Bertz CT molecular complexity index is 1530. The zero-order valence-corrected chi connectivity index (χ0v) is 23.0. The van der Waals surface area contributed by atoms with Gasteiger partial charge in [-0.3, -0.25) is 9.59 Å². The monoisotopic (exact) mass is 578 g/mol. The summed E-state index contributed by atoms with van der Waals surface area (Å²) in [5.41, 5.74) is 1.59. The molecule has 0 radical (unpaired) electrons. The van der Waals surface area contributed by atoms with Gasteiger partial charge < -0.3 is 19.5 Å². The molecule has 1 heterocycles. The Morgan fingerprint density at radius 3 is 2.39 bits per heavy atom. The van der Waals surface area contributed by atoms with Crippen molar-refractivity contribution in [3.63, 3.8) is 0 Å². The minimum absolute atomic E-state index is 0.0465. The highest BCUT2D eigenvalue weighted by Crippen LogP contribution is 2.38. The zero-order valence-electron chi connectivity index (χ0n) is 21.4. The number of para-hydroxylation sites is 1. The van der Waals surface area contributed by atoms with E-state index in [0.717, 1.165) is 4.47 Å². The number of amides is 1. The van der Waals surface area contributed by atoms with E-state index in [1.54, 1.807) is 36.4 Å². The molecule has 0 atom stereocenters. The average molecular weight is 579 g/mol. The fourth-order valence-corrected chi connectivity index (χ4v) is 4.11. The normalized spacial score (nSPS) is 11.2. The first kappa shape index (κ1) is 26.9. The zero-order chi connectivity index (χ0) is 27.2. The summed E-state index contributed by atoms with van der Waals surface area (Å²) in [5, 5.41) is 7.68. The van der Waals surface area contributed by atoms with Crippen molar-refractivity contribution in [2.45, 2.75) is 19.8 Å². The van der Waals surface area contributed by atoms with E-state index in [4.69, 9.17) is 14.2 Å². The van der Waals surface area contributed by atoms with Crippen LogP contribution in [-0.4, -0.2) is 42.6 Å². The summed E-state index contributed by atoms with van der Waals surface area (Å²) in [7, 11) is 2.97. The molecule has 9 nitrogen and oxygen atoms in total. The quantitative estimate of drug-likeness (QED) is 0.274. The molecule has 0 saturated heterocycles. The van der Waals surface area contributed by atoms with Crippen LogP contribution in [0.25, 0.3) is 10.9 Å². The van der Waals surface area contributed by atoms with Gasteiger partial charge in [-0.2, -0.15) is 9.78 Å². The van der Waals surface area contributed by atoms with Crippen LogP contribution < -0.4 is 25.1 Å². The van der Waals surface area contributed by atoms with Crippen molar-refractivity contribution >= 4 is 44.6 Å². The van der Waals surface area contributed by atoms with Crippen LogP contribution in [0.4, 0.5) is 5.69 Å². The van der Waals surface area contributed by atoms with Crippen LogP contribution in [0.1, 0.15) is 31.2 Å². The van der Waals surface area contributed by atoms with Crippen molar-refractivity contribution < 1.29 is 19.0 Å². The molecule has 4 aromatic rings. The van der Waals surface area contributed by atoms with Gasteiger partial charge in [0.05, 0.1) is 31.3 Å². The molecule has 0 unspecified atom stereocenters. The maximum atomic E-state index is 13.3. The lowest BCUT2D eigenvalue weighted by atomic mass is 10.2. The second-order valence-corrected chi connectivity index (χ2v) is 9.52. The Morgan fingerprint density at radius 1 is 1.08 bits per heavy atom. The number of carbonyl (C=O) groups excluding carboxylic acids is 1. The van der Waals surface area contributed by atoms with Crippen molar-refractivity contribution in [3.8, 4) is 17.2 Å². The molecule has 1 aromatic heterocycles. The third-order valence-electron chi connectivity index (χ3n) is 5.56. The van der Waals surface area contributed by atoms with E-state index in [-0.39, 0.29) is 29.7 Å². The summed E-state index contributed by atoms with van der Waals surface area (Å²) >= 11 is 3.41. The molecule has 4 rings (SSSR count). The third kappa shape index (κ3) is 6.03. The average Bonchev–Trinajstić information content (AvgIpc) is 2.91. The van der Waals surface area contributed by atoms with Crippen LogP contribution in [0.5, 0.6) is 17.2 Å². The van der Waals surface area contributed by atoms with E-state index in [0.29, 0.717) is 39.5 Å². The fourth-order valence-electron chi connectivity index (χ4n) is 3.75. The summed E-state index contributed by atoms with van der Waals surface area (Å²) in [5.74, 6) is 1.11. The van der Waals surface area contributed by atoms with Crippen molar-refractivity contribution in [2.75, 3.05) is 26.1 Å². The van der Waals surface area contributed by atoms with Crippen molar-refractivity contribution in [2.24, 2.45) is 5.10 Å². The van der Waals surface area contributed by atoms with Crippen LogP contribution in [0.2, 0.25) is 0 Å². The number of anilines is 1. The largest absolute Gasteiger partial charge is 0.493 e. The van der Waals surface area contributed by atoms with Gasteiger partial charge in [-0.05, 0) is 42.5 Å². The second kappa shape index (κ2) is 11.9. The number of rotatable bonds is 9. The minimum atomic E-state index is -0.332. The molecular formula is C28H27BrN4O5. The third-order valence-corrected chi connectivity index (χ3v) is 6.05. The number of carbonyl (C=O) groups is 1. The molecule has 1 N–H and O–H groups in total. The number of nitrogens with one attached hydrogen (secondary N) is 1. The maximum Gasteiger partial charge on any atom is 0.282 e. The Labute approximate surface area is 228 Å². The summed E-state index contributed by atoms with van der Waals surface area (Å²) < 4.78 is 18.8. The number of methoxy groups -OCH3 is 2. The lowest BCUT2D eigenvalue weighted by molar-refractivity contribution is -0.118. The number of hydrogen-bond donors (Lipinski definition) is 1. The summed E-state index contributed by atoms with van der Waals surface area (Å²) in [4.78, 5) is 30.3. The molecular weight excluding hydrogens is 552 g/mol. The molecule has 10 heteroatoms. The molecule has 0 aliphatic carbocycles. The summed E-state index contributed by atoms with van der Waals surface area (Å²) in [6, 6.07) is 17.8. The van der Waals surface area contributed by atoms with Crippen molar-refractivity contribution in [1.82, 2.24) is 9.66 Å². The van der Waals surface area contributed by atoms with Gasteiger partial charge in [0.2, 0.25) is 5.75 Å². The highest BCUT2D eigenvalue weighted by molar-refractivity contribution is 9.10. The molecule has 0 bridgehead atoms. The van der Waals surface area contributed by atoms with Gasteiger partial charge in [0, 0.05) is 21.6 Å². The van der Waals surface area contributed by atoms with E-state index >= 15 is 0 Å². The van der Waals surface area contributed by atoms with E-state index < -0.39 is 0 Å². The fraction of sp³-hybridized carbons (Fsp3) is 0.214. The number of nitrogens with zero attached hydrogens (tertiary/aromatic N) is 3. The topological polar surface area (TPSA) is 104 Å². The van der Waals surface area contributed by atoms with E-state index in [2.05, 4.69) is 31.3 Å². The van der Waals surface area contributed by atoms with Crippen LogP contribution >= 0.6 is 15.9 Å². The molecule has 0 aliphatic heterocycles. The minimum Gasteiger partial charge on any atom is -0.493 e. The summed E-state index contributed by atoms with van der Waals surface area (Å²) in [6.07, 6.45) is 1.52.